The molecule has 0 spiro atoms. The molecule has 0 saturated carbocycles. The van der Waals surface area contributed by atoms with Gasteiger partial charge in [0, 0.05) is 19.6 Å². The molecule has 0 bridgehead atoms. The minimum atomic E-state index is 0.142. The van der Waals surface area contributed by atoms with Crippen LogP contribution < -0.4 is 0 Å². The molecule has 2 rings (SSSR count). The summed E-state index contributed by atoms with van der Waals surface area (Å²) in [5, 5.41) is 0. The summed E-state index contributed by atoms with van der Waals surface area (Å²) < 4.78 is 5.29. The van der Waals surface area contributed by atoms with Crippen molar-refractivity contribution in [1.82, 2.24) is 9.80 Å². The van der Waals surface area contributed by atoms with Gasteiger partial charge in [-0.15, -0.1) is 0 Å². The minimum absolute atomic E-state index is 0.142. The van der Waals surface area contributed by atoms with Crippen LogP contribution in [0.4, 0.5) is 4.79 Å². The zero-order valence-corrected chi connectivity index (χ0v) is 10.4. The van der Waals surface area contributed by atoms with Crippen LogP contribution in [0.15, 0.2) is 22.8 Å². The summed E-state index contributed by atoms with van der Waals surface area (Å²) >= 11 is 0. The second-order valence-electron chi connectivity index (χ2n) is 4.42. The average Bonchev–Trinajstić information content (AvgIpc) is 2.89. The molecule has 1 aliphatic heterocycles. The molecule has 2 amide bonds. The van der Waals surface area contributed by atoms with Gasteiger partial charge in [0.05, 0.1) is 12.8 Å². The van der Waals surface area contributed by atoms with E-state index in [1.54, 1.807) is 6.26 Å². The molecule has 94 valence electrons. The molecule has 4 heteroatoms. The monoisotopic (exact) mass is 236 g/mol. The highest BCUT2D eigenvalue weighted by molar-refractivity contribution is 5.74. The molecular formula is C13H20N2O2. The molecule has 17 heavy (non-hydrogen) atoms. The molecule has 0 radical (unpaired) electrons. The van der Waals surface area contributed by atoms with Gasteiger partial charge in [0.2, 0.25) is 0 Å². The number of likely N-dealkylation sites (tertiary alicyclic amines) is 1. The first-order valence-electron chi connectivity index (χ1n) is 6.37. The fourth-order valence-corrected chi connectivity index (χ4v) is 2.19. The van der Waals surface area contributed by atoms with E-state index < -0.39 is 0 Å². The quantitative estimate of drug-likeness (QED) is 0.809. The summed E-state index contributed by atoms with van der Waals surface area (Å²) in [6.07, 6.45) is 5.15. The van der Waals surface area contributed by atoms with Crippen LogP contribution in [-0.2, 0) is 6.54 Å². The SMILES string of the molecule is CCN(Cc1ccco1)C(=O)N1CCCCC1. The Morgan fingerprint density at radius 2 is 2.18 bits per heavy atom. The van der Waals surface area contributed by atoms with Gasteiger partial charge in [-0.25, -0.2) is 4.79 Å². The predicted octanol–water partition coefficient (Wildman–Crippen LogP) is 2.71. The van der Waals surface area contributed by atoms with Gasteiger partial charge in [0.1, 0.15) is 5.76 Å². The topological polar surface area (TPSA) is 36.7 Å². The van der Waals surface area contributed by atoms with Crippen molar-refractivity contribution in [3.8, 4) is 0 Å². The average molecular weight is 236 g/mol. The van der Waals surface area contributed by atoms with Crippen LogP contribution in [0, 0.1) is 0 Å². The molecule has 0 aliphatic carbocycles. The molecule has 1 saturated heterocycles. The number of carbonyl (C=O) groups excluding carboxylic acids is 1. The molecule has 0 N–H and O–H groups in total. The molecule has 0 aromatic carbocycles. The number of amides is 2. The maximum absolute atomic E-state index is 12.3. The van der Waals surface area contributed by atoms with Crippen LogP contribution in [0.3, 0.4) is 0 Å². The third-order valence-corrected chi connectivity index (χ3v) is 3.21. The molecule has 0 atom stereocenters. The fourth-order valence-electron chi connectivity index (χ4n) is 2.19. The van der Waals surface area contributed by atoms with Crippen molar-refractivity contribution in [1.29, 1.82) is 0 Å². The zero-order chi connectivity index (χ0) is 12.1. The number of hydrogen-bond acceptors (Lipinski definition) is 2. The van der Waals surface area contributed by atoms with Crippen molar-refractivity contribution >= 4 is 6.03 Å². The summed E-state index contributed by atoms with van der Waals surface area (Å²) in [4.78, 5) is 16.1. The van der Waals surface area contributed by atoms with Crippen LogP contribution in [0.1, 0.15) is 31.9 Å². The number of urea groups is 1. The van der Waals surface area contributed by atoms with Crippen LogP contribution in [0.25, 0.3) is 0 Å². The Hall–Kier alpha value is -1.45. The largest absolute Gasteiger partial charge is 0.467 e. The number of piperidine rings is 1. The Balaban J connectivity index is 1.94. The maximum Gasteiger partial charge on any atom is 0.320 e. The number of carbonyl (C=O) groups is 1. The molecule has 1 aromatic rings. The van der Waals surface area contributed by atoms with Crippen molar-refractivity contribution in [2.75, 3.05) is 19.6 Å². The lowest BCUT2D eigenvalue weighted by atomic mass is 10.1. The fraction of sp³-hybridized carbons (Fsp3) is 0.615. The van der Waals surface area contributed by atoms with Gasteiger partial charge in [-0.1, -0.05) is 0 Å². The first-order valence-corrected chi connectivity index (χ1v) is 6.37. The lowest BCUT2D eigenvalue weighted by molar-refractivity contribution is 0.140. The number of furan rings is 1. The third kappa shape index (κ3) is 3.02. The van der Waals surface area contributed by atoms with Crippen molar-refractivity contribution in [2.45, 2.75) is 32.7 Å². The predicted molar refractivity (Wildman–Crippen MR) is 65.6 cm³/mol. The lowest BCUT2D eigenvalue weighted by Gasteiger charge is -2.32. The minimum Gasteiger partial charge on any atom is -0.467 e. The first-order chi connectivity index (χ1) is 8.31. The Kier molecular flexibility index (Phi) is 4.07. The highest BCUT2D eigenvalue weighted by atomic mass is 16.3. The third-order valence-electron chi connectivity index (χ3n) is 3.21. The van der Waals surface area contributed by atoms with E-state index in [4.69, 9.17) is 4.42 Å². The second-order valence-corrected chi connectivity index (χ2v) is 4.42. The van der Waals surface area contributed by atoms with Crippen molar-refractivity contribution in [3.05, 3.63) is 24.2 Å². The van der Waals surface area contributed by atoms with Crippen LogP contribution in [-0.4, -0.2) is 35.5 Å². The van der Waals surface area contributed by atoms with Gasteiger partial charge >= 0.3 is 6.03 Å². The Morgan fingerprint density at radius 1 is 1.41 bits per heavy atom. The first kappa shape index (κ1) is 12.0. The lowest BCUT2D eigenvalue weighted by Crippen LogP contribution is -2.45. The van der Waals surface area contributed by atoms with Crippen molar-refractivity contribution in [2.24, 2.45) is 0 Å². The van der Waals surface area contributed by atoms with E-state index in [-0.39, 0.29) is 6.03 Å². The van der Waals surface area contributed by atoms with Crippen molar-refractivity contribution < 1.29 is 9.21 Å². The summed E-state index contributed by atoms with van der Waals surface area (Å²) in [6.45, 7) is 5.08. The number of rotatable bonds is 3. The van der Waals surface area contributed by atoms with Gasteiger partial charge in [-0.05, 0) is 38.3 Å². The molecule has 1 aromatic heterocycles. The van der Waals surface area contributed by atoms with E-state index in [9.17, 15) is 4.79 Å². The van der Waals surface area contributed by atoms with Crippen LogP contribution in [0.2, 0.25) is 0 Å². The molecular weight excluding hydrogens is 216 g/mol. The van der Waals surface area contributed by atoms with E-state index in [1.807, 2.05) is 28.9 Å². The highest BCUT2D eigenvalue weighted by Crippen LogP contribution is 2.13. The Morgan fingerprint density at radius 3 is 2.76 bits per heavy atom. The van der Waals surface area contributed by atoms with Gasteiger partial charge in [0.15, 0.2) is 0 Å². The number of nitrogens with zero attached hydrogens (tertiary/aromatic N) is 2. The maximum atomic E-state index is 12.3. The number of hydrogen-bond donors (Lipinski definition) is 0. The molecule has 1 aliphatic rings. The summed E-state index contributed by atoms with van der Waals surface area (Å²) in [5.74, 6) is 0.845. The van der Waals surface area contributed by atoms with Crippen molar-refractivity contribution in [3.63, 3.8) is 0 Å². The van der Waals surface area contributed by atoms with E-state index in [1.165, 1.54) is 6.42 Å². The molecule has 0 unspecified atom stereocenters. The summed E-state index contributed by atoms with van der Waals surface area (Å²) in [7, 11) is 0. The van der Waals surface area contributed by atoms with Gasteiger partial charge in [-0.2, -0.15) is 0 Å². The van der Waals surface area contributed by atoms with Crippen LogP contribution in [0.5, 0.6) is 0 Å². The Labute approximate surface area is 102 Å². The smallest absolute Gasteiger partial charge is 0.320 e. The standard InChI is InChI=1S/C13H20N2O2/c1-2-14(11-12-7-6-10-17-12)13(16)15-8-4-3-5-9-15/h6-7,10H,2-5,8-9,11H2,1H3. The highest BCUT2D eigenvalue weighted by Gasteiger charge is 2.21. The Bertz CT molecular complexity index is 342. The van der Waals surface area contributed by atoms with E-state index >= 15 is 0 Å². The van der Waals surface area contributed by atoms with E-state index in [2.05, 4.69) is 0 Å². The summed E-state index contributed by atoms with van der Waals surface area (Å²) in [6, 6.07) is 3.91. The van der Waals surface area contributed by atoms with E-state index in [0.29, 0.717) is 6.54 Å². The second kappa shape index (κ2) is 5.75. The van der Waals surface area contributed by atoms with E-state index in [0.717, 1.165) is 38.2 Å². The molecule has 4 nitrogen and oxygen atoms in total. The van der Waals surface area contributed by atoms with Gasteiger partial charge in [-0.3, -0.25) is 0 Å². The molecule has 2 heterocycles. The molecule has 1 fully saturated rings. The summed E-state index contributed by atoms with van der Waals surface area (Å²) in [5.41, 5.74) is 0. The van der Waals surface area contributed by atoms with Gasteiger partial charge in [0.25, 0.3) is 0 Å². The zero-order valence-electron chi connectivity index (χ0n) is 10.4. The van der Waals surface area contributed by atoms with Gasteiger partial charge < -0.3 is 14.2 Å². The normalized spacial score (nSPS) is 15.9. The van der Waals surface area contributed by atoms with Crippen LogP contribution >= 0.6 is 0 Å².